The summed E-state index contributed by atoms with van der Waals surface area (Å²) >= 11 is 0. The first-order valence-electron chi connectivity index (χ1n) is 11.9. The van der Waals surface area contributed by atoms with E-state index >= 15 is 0 Å². The molecule has 0 radical (unpaired) electrons. The summed E-state index contributed by atoms with van der Waals surface area (Å²) in [6.45, 7) is 4.52. The number of aryl methyl sites for hydroxylation is 1. The summed E-state index contributed by atoms with van der Waals surface area (Å²) in [4.78, 5) is 2.63. The van der Waals surface area contributed by atoms with Gasteiger partial charge in [0, 0.05) is 18.6 Å². The minimum Gasteiger partial charge on any atom is -0.310 e. The lowest BCUT2D eigenvalue weighted by molar-refractivity contribution is 0.158. The van der Waals surface area contributed by atoms with Gasteiger partial charge in [0.1, 0.15) is 0 Å². The van der Waals surface area contributed by atoms with Gasteiger partial charge >= 0.3 is 0 Å². The van der Waals surface area contributed by atoms with E-state index in [-0.39, 0.29) is 22.4 Å². The highest BCUT2D eigenvalue weighted by molar-refractivity contribution is 7.96. The summed E-state index contributed by atoms with van der Waals surface area (Å²) in [5, 5.41) is 2.40. The molecule has 180 valence electrons. The van der Waals surface area contributed by atoms with Crippen LogP contribution in [-0.4, -0.2) is 64.2 Å². The van der Waals surface area contributed by atoms with Crippen LogP contribution >= 0.6 is 0 Å². The first-order chi connectivity index (χ1) is 15.8. The molecule has 2 heterocycles. The third-order valence-electron chi connectivity index (χ3n) is 6.95. The fourth-order valence-corrected chi connectivity index (χ4v) is 9.74. The van der Waals surface area contributed by atoms with Crippen LogP contribution in [0.5, 0.6) is 0 Å². The molecule has 1 N–H and O–H groups in total. The Labute approximate surface area is 198 Å². The number of nitrogens with one attached hydrogen (secondary N) is 1. The molecule has 33 heavy (non-hydrogen) atoms. The molecule has 1 unspecified atom stereocenters. The average Bonchev–Trinajstić information content (AvgIpc) is 3.16. The largest absolute Gasteiger partial charge is 0.310 e. The van der Waals surface area contributed by atoms with Gasteiger partial charge in [-0.15, -0.1) is 0 Å². The van der Waals surface area contributed by atoms with E-state index in [4.69, 9.17) is 0 Å². The van der Waals surface area contributed by atoms with Gasteiger partial charge in [-0.05, 0) is 55.6 Å². The Morgan fingerprint density at radius 1 is 0.970 bits per heavy atom. The molecule has 2 aliphatic rings. The molecular weight excluding hydrogens is 456 g/mol. The SMILES string of the molecule is CCc1ccc(S(=O)(=O)[C@H]2CS(=O)(=O)C[C@@H]2NCC(c2ccccc2)N2CCCCC2)cc1. The van der Waals surface area contributed by atoms with Crippen LogP contribution < -0.4 is 5.32 Å². The molecule has 8 heteroatoms. The van der Waals surface area contributed by atoms with Crippen LogP contribution in [-0.2, 0) is 26.1 Å². The number of hydrogen-bond donors (Lipinski definition) is 1. The topological polar surface area (TPSA) is 83.5 Å². The Balaban J connectivity index is 1.56. The van der Waals surface area contributed by atoms with Crippen LogP contribution in [0.25, 0.3) is 0 Å². The van der Waals surface area contributed by atoms with Crippen molar-refractivity contribution in [3.63, 3.8) is 0 Å². The first kappa shape index (κ1) is 24.4. The Kier molecular flexibility index (Phi) is 7.58. The van der Waals surface area contributed by atoms with Gasteiger partial charge in [-0.2, -0.15) is 0 Å². The van der Waals surface area contributed by atoms with E-state index in [1.165, 1.54) is 12.0 Å². The average molecular weight is 491 g/mol. The van der Waals surface area contributed by atoms with E-state index in [0.717, 1.165) is 37.9 Å². The summed E-state index contributed by atoms with van der Waals surface area (Å²) in [5.41, 5.74) is 2.22. The van der Waals surface area contributed by atoms with E-state index in [0.29, 0.717) is 6.54 Å². The maximum Gasteiger partial charge on any atom is 0.183 e. The predicted molar refractivity (Wildman–Crippen MR) is 132 cm³/mol. The number of hydrogen-bond acceptors (Lipinski definition) is 6. The van der Waals surface area contributed by atoms with E-state index in [1.54, 1.807) is 24.3 Å². The number of benzene rings is 2. The summed E-state index contributed by atoms with van der Waals surface area (Å²) < 4.78 is 51.9. The quantitative estimate of drug-likeness (QED) is 0.613. The molecule has 2 aromatic rings. The zero-order valence-electron chi connectivity index (χ0n) is 19.2. The molecule has 0 aliphatic carbocycles. The second-order valence-electron chi connectivity index (χ2n) is 9.20. The van der Waals surface area contributed by atoms with Gasteiger partial charge in [0.2, 0.25) is 0 Å². The Morgan fingerprint density at radius 3 is 2.27 bits per heavy atom. The Hall–Kier alpha value is -1.74. The molecule has 0 amide bonds. The highest BCUT2D eigenvalue weighted by atomic mass is 32.2. The molecule has 0 saturated carbocycles. The fourth-order valence-electron chi connectivity index (χ4n) is 5.03. The molecule has 2 aliphatic heterocycles. The van der Waals surface area contributed by atoms with E-state index in [9.17, 15) is 16.8 Å². The zero-order chi connectivity index (χ0) is 23.5. The van der Waals surface area contributed by atoms with Crippen molar-refractivity contribution in [1.29, 1.82) is 0 Å². The number of rotatable bonds is 8. The summed E-state index contributed by atoms with van der Waals surface area (Å²) in [6.07, 6.45) is 4.33. The van der Waals surface area contributed by atoms with Crippen molar-refractivity contribution in [1.82, 2.24) is 10.2 Å². The van der Waals surface area contributed by atoms with Gasteiger partial charge in [-0.25, -0.2) is 16.8 Å². The second-order valence-corrected chi connectivity index (χ2v) is 13.5. The van der Waals surface area contributed by atoms with Crippen LogP contribution in [0.2, 0.25) is 0 Å². The van der Waals surface area contributed by atoms with Crippen molar-refractivity contribution >= 4 is 19.7 Å². The fraction of sp³-hybridized carbons (Fsp3) is 0.520. The van der Waals surface area contributed by atoms with Gasteiger partial charge < -0.3 is 5.32 Å². The van der Waals surface area contributed by atoms with Crippen molar-refractivity contribution in [2.75, 3.05) is 31.1 Å². The first-order valence-corrected chi connectivity index (χ1v) is 15.2. The van der Waals surface area contributed by atoms with Crippen LogP contribution in [0.1, 0.15) is 43.4 Å². The summed E-state index contributed by atoms with van der Waals surface area (Å²) in [7, 11) is -7.22. The molecule has 2 aromatic carbocycles. The van der Waals surface area contributed by atoms with E-state index in [2.05, 4.69) is 22.3 Å². The highest BCUT2D eigenvalue weighted by Gasteiger charge is 2.46. The van der Waals surface area contributed by atoms with Gasteiger partial charge in [0.15, 0.2) is 19.7 Å². The van der Waals surface area contributed by atoms with Crippen molar-refractivity contribution < 1.29 is 16.8 Å². The number of piperidine rings is 1. The van der Waals surface area contributed by atoms with Gasteiger partial charge in [0.25, 0.3) is 0 Å². The highest BCUT2D eigenvalue weighted by Crippen LogP contribution is 2.28. The maximum atomic E-state index is 13.4. The Morgan fingerprint density at radius 2 is 1.64 bits per heavy atom. The predicted octanol–water partition coefficient (Wildman–Crippen LogP) is 3.01. The second kappa shape index (κ2) is 10.3. The molecule has 2 fully saturated rings. The molecule has 0 spiro atoms. The van der Waals surface area contributed by atoms with Crippen LogP contribution in [0.4, 0.5) is 0 Å². The summed E-state index contributed by atoms with van der Waals surface area (Å²) in [6, 6.07) is 16.5. The van der Waals surface area contributed by atoms with E-state index < -0.39 is 31.0 Å². The van der Waals surface area contributed by atoms with E-state index in [1.807, 2.05) is 25.1 Å². The molecule has 0 bridgehead atoms. The third kappa shape index (κ3) is 5.67. The standard InChI is InChI=1S/C25H34N2O4S2/c1-2-20-11-13-22(14-12-20)33(30,31)25-19-32(28,29)18-23(25)26-17-24(21-9-5-3-6-10-21)27-15-7-4-8-16-27/h3,5-6,9-14,23-26H,2,4,7-8,15-19H2,1H3/t23-,24?,25-/m0/s1. The Bertz CT molecular complexity index is 1130. The summed E-state index contributed by atoms with van der Waals surface area (Å²) in [5.74, 6) is -0.478. The molecule has 4 rings (SSSR count). The third-order valence-corrected chi connectivity index (χ3v) is 11.1. The molecule has 3 atom stereocenters. The smallest absolute Gasteiger partial charge is 0.183 e. The molecule has 0 aromatic heterocycles. The van der Waals surface area contributed by atoms with Crippen molar-refractivity contribution in [2.45, 2.75) is 54.8 Å². The normalized spacial score (nSPS) is 24.5. The van der Waals surface area contributed by atoms with Crippen LogP contribution in [0.15, 0.2) is 59.5 Å². The molecule has 2 saturated heterocycles. The minimum absolute atomic E-state index is 0.0852. The maximum absolute atomic E-state index is 13.4. The van der Waals surface area contributed by atoms with Crippen LogP contribution in [0, 0.1) is 0 Å². The van der Waals surface area contributed by atoms with Gasteiger partial charge in [-0.1, -0.05) is 55.8 Å². The van der Waals surface area contributed by atoms with Crippen molar-refractivity contribution in [3.8, 4) is 0 Å². The molecular formula is C25H34N2O4S2. The number of nitrogens with zero attached hydrogens (tertiary/aromatic N) is 1. The monoisotopic (exact) mass is 490 g/mol. The molecule has 6 nitrogen and oxygen atoms in total. The number of sulfone groups is 2. The lowest BCUT2D eigenvalue weighted by Crippen LogP contribution is -2.47. The lowest BCUT2D eigenvalue weighted by Gasteiger charge is -2.36. The number of likely N-dealkylation sites (tertiary alicyclic amines) is 1. The van der Waals surface area contributed by atoms with Crippen LogP contribution in [0.3, 0.4) is 0 Å². The lowest BCUT2D eigenvalue weighted by atomic mass is 10.0. The minimum atomic E-state index is -3.78. The van der Waals surface area contributed by atoms with Crippen molar-refractivity contribution in [3.05, 3.63) is 65.7 Å². The zero-order valence-corrected chi connectivity index (χ0v) is 20.8. The van der Waals surface area contributed by atoms with Gasteiger partial charge in [0.05, 0.1) is 21.7 Å². The van der Waals surface area contributed by atoms with Crippen molar-refractivity contribution in [2.24, 2.45) is 0 Å². The van der Waals surface area contributed by atoms with Gasteiger partial charge in [-0.3, -0.25) is 4.90 Å².